The molecule has 1 amide bonds. The highest BCUT2D eigenvalue weighted by atomic mass is 32.2. The Balaban J connectivity index is 1.55. The van der Waals surface area contributed by atoms with Gasteiger partial charge in [-0.05, 0) is 51.1 Å². The van der Waals surface area contributed by atoms with Crippen LogP contribution in [0.3, 0.4) is 0 Å². The number of piperidine rings is 1. The molecule has 0 saturated carbocycles. The van der Waals surface area contributed by atoms with Crippen LogP contribution < -0.4 is 10.6 Å². The first kappa shape index (κ1) is 14.8. The molecule has 2 N–H and O–H groups in total. The van der Waals surface area contributed by atoms with E-state index >= 15 is 0 Å². The molecule has 0 unspecified atom stereocenters. The second-order valence-electron chi connectivity index (χ2n) is 5.22. The topological polar surface area (TPSA) is 54.0 Å². The van der Waals surface area contributed by atoms with Crippen LogP contribution in [0.1, 0.15) is 17.8 Å². The van der Waals surface area contributed by atoms with Crippen molar-refractivity contribution in [1.29, 1.82) is 0 Å². The van der Waals surface area contributed by atoms with Crippen molar-refractivity contribution in [3.63, 3.8) is 0 Å². The van der Waals surface area contributed by atoms with Crippen molar-refractivity contribution in [2.45, 2.75) is 25.0 Å². The number of thioether (sulfide) groups is 1. The number of thiazole rings is 1. The van der Waals surface area contributed by atoms with E-state index in [0.717, 1.165) is 46.8 Å². The van der Waals surface area contributed by atoms with Crippen molar-refractivity contribution in [2.75, 3.05) is 24.2 Å². The number of nitrogens with one attached hydrogen (secondary N) is 2. The van der Waals surface area contributed by atoms with Crippen molar-refractivity contribution < 1.29 is 4.79 Å². The van der Waals surface area contributed by atoms with Crippen LogP contribution in [0.15, 0.2) is 18.2 Å². The van der Waals surface area contributed by atoms with Gasteiger partial charge >= 0.3 is 0 Å². The van der Waals surface area contributed by atoms with E-state index in [4.69, 9.17) is 0 Å². The lowest BCUT2D eigenvalue weighted by molar-refractivity contribution is -0.113. The number of benzene rings is 1. The molecule has 0 aliphatic carbocycles. The van der Waals surface area contributed by atoms with E-state index in [1.165, 1.54) is 0 Å². The summed E-state index contributed by atoms with van der Waals surface area (Å²) < 4.78 is 1.12. The van der Waals surface area contributed by atoms with Crippen molar-refractivity contribution in [2.24, 2.45) is 0 Å². The highest BCUT2D eigenvalue weighted by molar-refractivity contribution is 8.00. The van der Waals surface area contributed by atoms with E-state index in [0.29, 0.717) is 11.0 Å². The molecule has 0 radical (unpaired) electrons. The first-order chi connectivity index (χ1) is 10.2. The Hall–Kier alpha value is -1.11. The zero-order valence-corrected chi connectivity index (χ0v) is 13.6. The van der Waals surface area contributed by atoms with E-state index < -0.39 is 0 Å². The number of fused-ring (bicyclic) bond motifs is 1. The standard InChI is InChI=1S/C15H19N3OS2/c1-10-17-13-3-2-11(8-14(13)21-10)18-15(19)9-20-12-4-6-16-7-5-12/h2-3,8,12,16H,4-7,9H2,1H3,(H,18,19). The summed E-state index contributed by atoms with van der Waals surface area (Å²) in [4.78, 5) is 16.5. The first-order valence-corrected chi connectivity index (χ1v) is 9.06. The highest BCUT2D eigenvalue weighted by Gasteiger charge is 2.15. The lowest BCUT2D eigenvalue weighted by Crippen LogP contribution is -2.30. The number of hydrogen-bond acceptors (Lipinski definition) is 5. The number of aromatic nitrogens is 1. The molecule has 2 heterocycles. The van der Waals surface area contributed by atoms with Gasteiger partial charge in [0.2, 0.25) is 5.91 Å². The van der Waals surface area contributed by atoms with E-state index in [-0.39, 0.29) is 5.91 Å². The quantitative estimate of drug-likeness (QED) is 0.909. The zero-order chi connectivity index (χ0) is 14.7. The zero-order valence-electron chi connectivity index (χ0n) is 12.0. The molecule has 0 bridgehead atoms. The summed E-state index contributed by atoms with van der Waals surface area (Å²) in [6, 6.07) is 5.90. The average molecular weight is 321 g/mol. The molecule has 1 saturated heterocycles. The number of hydrogen-bond donors (Lipinski definition) is 2. The molecule has 2 aromatic rings. The van der Waals surface area contributed by atoms with Crippen LogP contribution in [0, 0.1) is 6.92 Å². The summed E-state index contributed by atoms with van der Waals surface area (Å²) in [5.41, 5.74) is 1.86. The molecule has 21 heavy (non-hydrogen) atoms. The first-order valence-electron chi connectivity index (χ1n) is 7.20. The second-order valence-corrected chi connectivity index (χ2v) is 7.75. The predicted octanol–water partition coefficient (Wildman–Crippen LogP) is 3.03. The number of carbonyl (C=O) groups is 1. The van der Waals surface area contributed by atoms with Gasteiger partial charge in [0.1, 0.15) is 0 Å². The number of nitrogens with zero attached hydrogens (tertiary/aromatic N) is 1. The highest BCUT2D eigenvalue weighted by Crippen LogP contribution is 2.25. The van der Waals surface area contributed by atoms with Gasteiger partial charge in [0, 0.05) is 10.9 Å². The number of amides is 1. The predicted molar refractivity (Wildman–Crippen MR) is 91.3 cm³/mol. The van der Waals surface area contributed by atoms with Gasteiger partial charge in [-0.3, -0.25) is 4.79 Å². The fourth-order valence-corrected chi connectivity index (χ4v) is 4.36. The van der Waals surface area contributed by atoms with Gasteiger partial charge in [0.05, 0.1) is 21.0 Å². The van der Waals surface area contributed by atoms with Gasteiger partial charge < -0.3 is 10.6 Å². The largest absolute Gasteiger partial charge is 0.325 e. The minimum atomic E-state index is 0.0825. The van der Waals surface area contributed by atoms with E-state index in [9.17, 15) is 4.79 Å². The molecule has 0 atom stereocenters. The fraction of sp³-hybridized carbons (Fsp3) is 0.467. The SMILES string of the molecule is Cc1nc2ccc(NC(=O)CSC3CCNCC3)cc2s1. The lowest BCUT2D eigenvalue weighted by Gasteiger charge is -2.21. The Morgan fingerprint density at radius 2 is 2.29 bits per heavy atom. The number of aryl methyl sites for hydroxylation is 1. The maximum Gasteiger partial charge on any atom is 0.234 e. The van der Waals surface area contributed by atoms with Gasteiger partial charge in [-0.2, -0.15) is 0 Å². The third kappa shape index (κ3) is 3.96. The van der Waals surface area contributed by atoms with Crippen molar-refractivity contribution >= 4 is 44.9 Å². The third-order valence-electron chi connectivity index (χ3n) is 3.52. The lowest BCUT2D eigenvalue weighted by atomic mass is 10.2. The molecule has 1 aromatic carbocycles. The number of rotatable bonds is 4. The Bertz CT molecular complexity index is 635. The Labute approximate surface area is 132 Å². The van der Waals surface area contributed by atoms with Crippen LogP contribution in [0.25, 0.3) is 10.2 Å². The molecule has 6 heteroatoms. The van der Waals surface area contributed by atoms with Gasteiger partial charge in [-0.25, -0.2) is 4.98 Å². The summed E-state index contributed by atoms with van der Waals surface area (Å²) in [6.45, 7) is 4.14. The number of anilines is 1. The smallest absolute Gasteiger partial charge is 0.234 e. The monoisotopic (exact) mass is 321 g/mol. The molecule has 112 valence electrons. The fourth-order valence-electron chi connectivity index (χ4n) is 2.47. The second kappa shape index (κ2) is 6.77. The van der Waals surface area contributed by atoms with Crippen molar-refractivity contribution in [3.8, 4) is 0 Å². The summed E-state index contributed by atoms with van der Waals surface area (Å²) >= 11 is 3.43. The molecule has 3 rings (SSSR count). The van der Waals surface area contributed by atoms with Gasteiger partial charge in [-0.1, -0.05) is 0 Å². The maximum absolute atomic E-state index is 12.0. The van der Waals surface area contributed by atoms with Crippen LogP contribution in [-0.4, -0.2) is 35.0 Å². The summed E-state index contributed by atoms with van der Waals surface area (Å²) in [7, 11) is 0. The molecule has 0 spiro atoms. The molecular formula is C15H19N3OS2. The molecule has 1 fully saturated rings. The number of carbonyl (C=O) groups excluding carboxylic acids is 1. The van der Waals surface area contributed by atoms with Crippen LogP contribution in [0.5, 0.6) is 0 Å². The molecule has 1 aliphatic rings. The van der Waals surface area contributed by atoms with E-state index in [1.807, 2.05) is 25.1 Å². The summed E-state index contributed by atoms with van der Waals surface area (Å²) in [5, 5.41) is 7.99. The minimum Gasteiger partial charge on any atom is -0.325 e. The van der Waals surface area contributed by atoms with Crippen LogP contribution in [0.4, 0.5) is 5.69 Å². The van der Waals surface area contributed by atoms with E-state index in [2.05, 4.69) is 15.6 Å². The molecule has 1 aliphatic heterocycles. The Morgan fingerprint density at radius 3 is 3.10 bits per heavy atom. The molecule has 1 aromatic heterocycles. The normalized spacial score (nSPS) is 16.2. The van der Waals surface area contributed by atoms with Crippen molar-refractivity contribution in [3.05, 3.63) is 23.2 Å². The van der Waals surface area contributed by atoms with Gasteiger partial charge in [0.25, 0.3) is 0 Å². The Kier molecular flexibility index (Phi) is 4.77. The van der Waals surface area contributed by atoms with Crippen LogP contribution in [0.2, 0.25) is 0 Å². The average Bonchev–Trinajstić information content (AvgIpc) is 2.85. The van der Waals surface area contributed by atoms with Gasteiger partial charge in [-0.15, -0.1) is 23.1 Å². The minimum absolute atomic E-state index is 0.0825. The van der Waals surface area contributed by atoms with Crippen molar-refractivity contribution in [1.82, 2.24) is 10.3 Å². The maximum atomic E-state index is 12.0. The van der Waals surface area contributed by atoms with Crippen LogP contribution >= 0.6 is 23.1 Å². The Morgan fingerprint density at radius 1 is 1.48 bits per heavy atom. The summed E-state index contributed by atoms with van der Waals surface area (Å²) in [5.74, 6) is 0.615. The van der Waals surface area contributed by atoms with Gasteiger partial charge in [0.15, 0.2) is 0 Å². The van der Waals surface area contributed by atoms with Crippen LogP contribution in [-0.2, 0) is 4.79 Å². The van der Waals surface area contributed by atoms with E-state index in [1.54, 1.807) is 23.1 Å². The molecule has 4 nitrogen and oxygen atoms in total. The summed E-state index contributed by atoms with van der Waals surface area (Å²) in [6.07, 6.45) is 2.31. The third-order valence-corrected chi connectivity index (χ3v) is 5.82. The molecular weight excluding hydrogens is 302 g/mol.